The van der Waals surface area contributed by atoms with E-state index < -0.39 is 0 Å². The van der Waals surface area contributed by atoms with Gasteiger partial charge in [0.2, 0.25) is 0 Å². The molecule has 0 radical (unpaired) electrons. The van der Waals surface area contributed by atoms with Crippen LogP contribution in [0.2, 0.25) is 0 Å². The van der Waals surface area contributed by atoms with Crippen LogP contribution in [0.4, 0.5) is 0 Å². The Morgan fingerprint density at radius 1 is 0.815 bits per heavy atom. The van der Waals surface area contributed by atoms with Crippen LogP contribution in [-0.2, 0) is 17.6 Å². The lowest BCUT2D eigenvalue weighted by Crippen LogP contribution is -2.49. The minimum atomic E-state index is 0.157. The summed E-state index contributed by atoms with van der Waals surface area (Å²) in [5.41, 5.74) is 3.76. The Morgan fingerprint density at radius 3 is 2.26 bits per heavy atom. The Bertz CT molecular complexity index is 797. The first-order chi connectivity index (χ1) is 13.3. The van der Waals surface area contributed by atoms with E-state index in [4.69, 9.17) is 4.74 Å². The number of carbonyl (C=O) groups excluding carboxylic acids is 1. The van der Waals surface area contributed by atoms with E-state index in [0.29, 0.717) is 12.0 Å². The molecular weight excluding hydrogens is 336 g/mol. The molecule has 4 nitrogen and oxygen atoms in total. The van der Waals surface area contributed by atoms with Crippen molar-refractivity contribution in [3.63, 3.8) is 0 Å². The number of ether oxygens (including phenoxy) is 1. The third kappa shape index (κ3) is 3.28. The number of rotatable bonds is 2. The average molecular weight is 362 g/mol. The molecule has 0 saturated carbocycles. The Kier molecular flexibility index (Phi) is 4.46. The highest BCUT2D eigenvalue weighted by molar-refractivity contribution is 5.94. The summed E-state index contributed by atoms with van der Waals surface area (Å²) in [5.74, 6) is 0.540. The van der Waals surface area contributed by atoms with E-state index in [1.54, 1.807) is 0 Å². The van der Waals surface area contributed by atoms with E-state index in [-0.39, 0.29) is 11.9 Å². The largest absolute Gasteiger partial charge is 0.379 e. The van der Waals surface area contributed by atoms with Crippen molar-refractivity contribution < 1.29 is 9.53 Å². The van der Waals surface area contributed by atoms with E-state index >= 15 is 0 Å². The van der Waals surface area contributed by atoms with Crippen LogP contribution in [0.5, 0.6) is 0 Å². The van der Waals surface area contributed by atoms with Crippen LogP contribution in [0, 0.1) is 5.92 Å². The van der Waals surface area contributed by atoms with Crippen LogP contribution >= 0.6 is 0 Å². The van der Waals surface area contributed by atoms with Gasteiger partial charge < -0.3 is 9.64 Å². The fraction of sp³-hybridized carbons (Fsp3) is 0.435. The summed E-state index contributed by atoms with van der Waals surface area (Å²) >= 11 is 0. The number of hydrogen-bond donors (Lipinski definition) is 0. The van der Waals surface area contributed by atoms with Gasteiger partial charge in [0.1, 0.15) is 0 Å². The maximum absolute atomic E-state index is 13.1. The summed E-state index contributed by atoms with van der Waals surface area (Å²) in [5, 5.41) is 0. The van der Waals surface area contributed by atoms with Gasteiger partial charge in [0.05, 0.1) is 19.3 Å². The van der Waals surface area contributed by atoms with Gasteiger partial charge in [0.25, 0.3) is 5.91 Å². The summed E-state index contributed by atoms with van der Waals surface area (Å²) in [6.45, 7) is 4.06. The maximum Gasteiger partial charge on any atom is 0.253 e. The molecule has 0 spiro atoms. The highest BCUT2D eigenvalue weighted by atomic mass is 16.5. The Hall–Kier alpha value is -2.17. The zero-order chi connectivity index (χ0) is 18.2. The molecule has 0 unspecified atom stereocenters. The first-order valence-corrected chi connectivity index (χ1v) is 10.0. The molecule has 3 aliphatic rings. The van der Waals surface area contributed by atoms with Crippen molar-refractivity contribution in [2.45, 2.75) is 24.9 Å². The van der Waals surface area contributed by atoms with Gasteiger partial charge in [0, 0.05) is 37.2 Å². The fourth-order valence-corrected chi connectivity index (χ4v) is 5.02. The molecule has 4 heteroatoms. The van der Waals surface area contributed by atoms with Gasteiger partial charge in [-0.2, -0.15) is 0 Å². The SMILES string of the molecule is O=C(c1ccccc1)N1C[C@@H]2COC[C@H](C1)N(C1Cc3ccccc3C1)C2. The predicted octanol–water partition coefficient (Wildman–Crippen LogP) is 2.63. The van der Waals surface area contributed by atoms with Crippen LogP contribution in [0.3, 0.4) is 0 Å². The minimum absolute atomic E-state index is 0.157. The number of nitrogens with zero attached hydrogens (tertiary/aromatic N) is 2. The minimum Gasteiger partial charge on any atom is -0.379 e. The zero-order valence-corrected chi connectivity index (χ0v) is 15.6. The highest BCUT2D eigenvalue weighted by Crippen LogP contribution is 2.30. The molecule has 2 saturated heterocycles. The van der Waals surface area contributed by atoms with Crippen molar-refractivity contribution in [3.05, 3.63) is 71.3 Å². The monoisotopic (exact) mass is 362 g/mol. The molecule has 2 aromatic rings. The summed E-state index contributed by atoms with van der Waals surface area (Å²) in [6.07, 6.45) is 2.23. The van der Waals surface area contributed by atoms with E-state index in [2.05, 4.69) is 34.1 Å². The average Bonchev–Trinajstić information content (AvgIpc) is 2.91. The number of benzene rings is 2. The second kappa shape index (κ2) is 7.10. The van der Waals surface area contributed by atoms with Crippen LogP contribution in [0.1, 0.15) is 21.5 Å². The van der Waals surface area contributed by atoms with Gasteiger partial charge >= 0.3 is 0 Å². The first kappa shape index (κ1) is 17.0. The molecule has 2 bridgehead atoms. The second-order valence-corrected chi connectivity index (χ2v) is 8.16. The quantitative estimate of drug-likeness (QED) is 0.823. The second-order valence-electron chi connectivity index (χ2n) is 8.16. The number of amides is 1. The van der Waals surface area contributed by atoms with Gasteiger partial charge in [-0.05, 0) is 36.1 Å². The van der Waals surface area contributed by atoms with Gasteiger partial charge in [-0.1, -0.05) is 42.5 Å². The lowest BCUT2D eigenvalue weighted by Gasteiger charge is -2.35. The lowest BCUT2D eigenvalue weighted by molar-refractivity contribution is 0.0365. The Labute approximate surface area is 160 Å². The molecule has 27 heavy (non-hydrogen) atoms. The third-order valence-electron chi connectivity index (χ3n) is 6.32. The molecule has 2 aromatic carbocycles. The molecule has 2 aliphatic heterocycles. The standard InChI is InChI=1S/C23H26N2O2/c26-23(18-6-2-1-3-7-18)24-12-17-13-25(22(14-24)16-27-15-17)21-10-19-8-4-5-9-20(19)11-21/h1-9,17,21-22H,10-16H2/t17-,22-/m0/s1. The fourth-order valence-electron chi connectivity index (χ4n) is 5.02. The van der Waals surface area contributed by atoms with Gasteiger partial charge in [0.15, 0.2) is 0 Å². The Balaban J connectivity index is 1.37. The number of hydrogen-bond acceptors (Lipinski definition) is 3. The summed E-state index contributed by atoms with van der Waals surface area (Å²) in [6, 6.07) is 19.3. The van der Waals surface area contributed by atoms with Crippen molar-refractivity contribution in [3.8, 4) is 0 Å². The molecule has 0 N–H and O–H groups in total. The van der Waals surface area contributed by atoms with Gasteiger partial charge in [-0.3, -0.25) is 9.69 Å². The molecule has 0 aromatic heterocycles. The van der Waals surface area contributed by atoms with Crippen molar-refractivity contribution in [1.29, 1.82) is 0 Å². The molecular formula is C23H26N2O2. The Morgan fingerprint density at radius 2 is 1.52 bits per heavy atom. The van der Waals surface area contributed by atoms with E-state index in [0.717, 1.165) is 51.3 Å². The summed E-state index contributed by atoms with van der Waals surface area (Å²) in [7, 11) is 0. The molecule has 2 fully saturated rings. The zero-order valence-electron chi connectivity index (χ0n) is 15.6. The van der Waals surface area contributed by atoms with Crippen LogP contribution in [0.15, 0.2) is 54.6 Å². The highest BCUT2D eigenvalue weighted by Gasteiger charge is 2.39. The summed E-state index contributed by atoms with van der Waals surface area (Å²) in [4.78, 5) is 17.8. The number of carbonyl (C=O) groups is 1. The van der Waals surface area contributed by atoms with E-state index in [1.807, 2.05) is 30.3 Å². The summed E-state index contributed by atoms with van der Waals surface area (Å²) < 4.78 is 5.98. The third-order valence-corrected chi connectivity index (χ3v) is 6.32. The lowest BCUT2D eigenvalue weighted by atomic mass is 10.1. The smallest absolute Gasteiger partial charge is 0.253 e. The van der Waals surface area contributed by atoms with Crippen LogP contribution < -0.4 is 0 Å². The van der Waals surface area contributed by atoms with Crippen LogP contribution in [-0.4, -0.2) is 60.6 Å². The molecule has 5 rings (SSSR count). The molecule has 140 valence electrons. The van der Waals surface area contributed by atoms with Gasteiger partial charge in [-0.15, -0.1) is 0 Å². The maximum atomic E-state index is 13.1. The van der Waals surface area contributed by atoms with E-state index in [1.165, 1.54) is 11.1 Å². The van der Waals surface area contributed by atoms with Gasteiger partial charge in [-0.25, -0.2) is 0 Å². The molecule has 2 atom stereocenters. The topological polar surface area (TPSA) is 32.8 Å². The molecule has 1 amide bonds. The predicted molar refractivity (Wildman–Crippen MR) is 105 cm³/mol. The van der Waals surface area contributed by atoms with Crippen molar-refractivity contribution >= 4 is 5.91 Å². The van der Waals surface area contributed by atoms with Crippen molar-refractivity contribution in [2.24, 2.45) is 5.92 Å². The molecule has 1 aliphatic carbocycles. The van der Waals surface area contributed by atoms with Crippen molar-refractivity contribution in [2.75, 3.05) is 32.8 Å². The van der Waals surface area contributed by atoms with Crippen molar-refractivity contribution in [1.82, 2.24) is 9.80 Å². The molecule has 2 heterocycles. The normalized spacial score (nSPS) is 25.9. The first-order valence-electron chi connectivity index (χ1n) is 10.0. The van der Waals surface area contributed by atoms with E-state index in [9.17, 15) is 4.79 Å². The van der Waals surface area contributed by atoms with Crippen LogP contribution in [0.25, 0.3) is 0 Å². The number of fused-ring (bicyclic) bond motifs is 4.